The lowest BCUT2D eigenvalue weighted by molar-refractivity contribution is 0.0526. The van der Waals surface area contributed by atoms with Gasteiger partial charge in [-0.2, -0.15) is 4.98 Å². The molecule has 0 bridgehead atoms. The van der Waals surface area contributed by atoms with Gasteiger partial charge < -0.3 is 14.9 Å². The number of amides is 1. The van der Waals surface area contributed by atoms with Crippen LogP contribution in [0.25, 0.3) is 11.5 Å². The van der Waals surface area contributed by atoms with Gasteiger partial charge in [0.1, 0.15) is 5.60 Å². The van der Waals surface area contributed by atoms with Crippen molar-refractivity contribution in [2.45, 2.75) is 19.4 Å². The van der Waals surface area contributed by atoms with Crippen LogP contribution < -0.4 is 5.32 Å². The molecule has 128 valence electrons. The topological polar surface area (TPSA) is 88.2 Å². The van der Waals surface area contributed by atoms with Crippen LogP contribution >= 0.6 is 0 Å². The standard InChI is InChI=1S/C19H19N3O3/c1-13-21-18(25-22-13)15-10-8-14(9-11-15)17(23)20-12-19(2,24)16-6-4-3-5-7-16/h3-11,24H,12H2,1-2H3,(H,20,23). The van der Waals surface area contributed by atoms with Crippen molar-refractivity contribution in [3.63, 3.8) is 0 Å². The lowest BCUT2D eigenvalue weighted by Gasteiger charge is -2.24. The second-order valence-corrected chi connectivity index (χ2v) is 6.05. The molecule has 2 aromatic carbocycles. The first kappa shape index (κ1) is 16.9. The molecule has 0 saturated heterocycles. The molecule has 1 aromatic heterocycles. The summed E-state index contributed by atoms with van der Waals surface area (Å²) in [6, 6.07) is 16.1. The molecule has 0 radical (unpaired) electrons. The van der Waals surface area contributed by atoms with E-state index in [9.17, 15) is 9.90 Å². The molecule has 0 aliphatic heterocycles. The van der Waals surface area contributed by atoms with Crippen LogP contribution in [0.2, 0.25) is 0 Å². The summed E-state index contributed by atoms with van der Waals surface area (Å²) in [7, 11) is 0. The van der Waals surface area contributed by atoms with Gasteiger partial charge in [-0.05, 0) is 43.7 Å². The largest absolute Gasteiger partial charge is 0.384 e. The third kappa shape index (κ3) is 3.92. The number of aromatic nitrogens is 2. The Morgan fingerprint density at radius 1 is 1.16 bits per heavy atom. The highest BCUT2D eigenvalue weighted by Crippen LogP contribution is 2.20. The van der Waals surface area contributed by atoms with E-state index in [4.69, 9.17) is 4.52 Å². The van der Waals surface area contributed by atoms with E-state index < -0.39 is 5.60 Å². The fraction of sp³-hybridized carbons (Fsp3) is 0.211. The van der Waals surface area contributed by atoms with Crippen molar-refractivity contribution in [2.75, 3.05) is 6.54 Å². The minimum absolute atomic E-state index is 0.112. The fourth-order valence-corrected chi connectivity index (χ4v) is 2.43. The number of nitrogens with zero attached hydrogens (tertiary/aromatic N) is 2. The van der Waals surface area contributed by atoms with Crippen LogP contribution in [0, 0.1) is 6.92 Å². The minimum Gasteiger partial charge on any atom is -0.384 e. The van der Waals surface area contributed by atoms with Crippen LogP contribution in [0.3, 0.4) is 0 Å². The van der Waals surface area contributed by atoms with Crippen molar-refractivity contribution in [2.24, 2.45) is 0 Å². The Bertz CT molecular complexity index is 855. The summed E-state index contributed by atoms with van der Waals surface area (Å²) in [6.07, 6.45) is 0. The summed E-state index contributed by atoms with van der Waals surface area (Å²) in [5.41, 5.74) is 0.840. The van der Waals surface area contributed by atoms with Gasteiger partial charge >= 0.3 is 0 Å². The van der Waals surface area contributed by atoms with Crippen LogP contribution in [0.15, 0.2) is 59.1 Å². The average Bonchev–Trinajstić information content (AvgIpc) is 3.07. The number of aryl methyl sites for hydroxylation is 1. The van der Waals surface area contributed by atoms with Gasteiger partial charge in [-0.25, -0.2) is 0 Å². The highest BCUT2D eigenvalue weighted by molar-refractivity contribution is 5.94. The van der Waals surface area contributed by atoms with Gasteiger partial charge in [0.05, 0.1) is 6.54 Å². The number of nitrogens with one attached hydrogen (secondary N) is 1. The van der Waals surface area contributed by atoms with Gasteiger partial charge in [0.15, 0.2) is 5.82 Å². The molecule has 1 amide bonds. The van der Waals surface area contributed by atoms with Gasteiger partial charge in [0, 0.05) is 11.1 Å². The first-order chi connectivity index (χ1) is 12.0. The molecule has 0 aliphatic carbocycles. The third-order valence-corrected chi connectivity index (χ3v) is 3.91. The molecular weight excluding hydrogens is 318 g/mol. The summed E-state index contributed by atoms with van der Waals surface area (Å²) in [5.74, 6) is 0.709. The summed E-state index contributed by atoms with van der Waals surface area (Å²) in [6.45, 7) is 3.53. The molecule has 25 heavy (non-hydrogen) atoms. The van der Waals surface area contributed by atoms with E-state index in [2.05, 4.69) is 15.5 Å². The molecule has 0 aliphatic rings. The maximum atomic E-state index is 12.3. The quantitative estimate of drug-likeness (QED) is 0.747. The fourth-order valence-electron chi connectivity index (χ4n) is 2.43. The van der Waals surface area contributed by atoms with Gasteiger partial charge in [-0.1, -0.05) is 35.5 Å². The number of hydrogen-bond acceptors (Lipinski definition) is 5. The zero-order valence-corrected chi connectivity index (χ0v) is 14.1. The number of rotatable bonds is 5. The molecule has 1 heterocycles. The lowest BCUT2D eigenvalue weighted by atomic mass is 9.96. The highest BCUT2D eigenvalue weighted by atomic mass is 16.5. The summed E-state index contributed by atoms with van der Waals surface area (Å²) < 4.78 is 5.10. The number of carbonyl (C=O) groups is 1. The monoisotopic (exact) mass is 337 g/mol. The second kappa shape index (κ2) is 6.86. The maximum Gasteiger partial charge on any atom is 0.257 e. The molecule has 0 fully saturated rings. The molecule has 6 heteroatoms. The Balaban J connectivity index is 1.65. The first-order valence-corrected chi connectivity index (χ1v) is 7.92. The van der Waals surface area contributed by atoms with Crippen molar-refractivity contribution in [1.82, 2.24) is 15.5 Å². The molecule has 1 atom stereocenters. The zero-order valence-electron chi connectivity index (χ0n) is 14.1. The van der Waals surface area contributed by atoms with E-state index in [1.165, 1.54) is 0 Å². The predicted molar refractivity (Wildman–Crippen MR) is 92.8 cm³/mol. The van der Waals surface area contributed by atoms with E-state index in [-0.39, 0.29) is 12.5 Å². The number of hydrogen-bond donors (Lipinski definition) is 2. The summed E-state index contributed by atoms with van der Waals surface area (Å²) in [5, 5.41) is 17.0. The molecule has 0 saturated carbocycles. The predicted octanol–water partition coefficient (Wildman–Crippen LogP) is 2.68. The molecule has 0 spiro atoms. The average molecular weight is 337 g/mol. The van der Waals surface area contributed by atoms with Gasteiger partial charge in [-0.15, -0.1) is 0 Å². The Kier molecular flexibility index (Phi) is 4.63. The second-order valence-electron chi connectivity index (χ2n) is 6.05. The Hall–Kier alpha value is -2.99. The summed E-state index contributed by atoms with van der Waals surface area (Å²) in [4.78, 5) is 16.4. The van der Waals surface area contributed by atoms with E-state index in [0.29, 0.717) is 17.3 Å². The van der Waals surface area contributed by atoms with E-state index >= 15 is 0 Å². The van der Waals surface area contributed by atoms with Crippen LogP contribution in [-0.4, -0.2) is 27.7 Å². The Morgan fingerprint density at radius 2 is 1.84 bits per heavy atom. The van der Waals surface area contributed by atoms with Crippen molar-refractivity contribution in [3.05, 3.63) is 71.5 Å². The molecule has 1 unspecified atom stereocenters. The normalized spacial score (nSPS) is 13.2. The molecule has 3 rings (SSSR count). The highest BCUT2D eigenvalue weighted by Gasteiger charge is 2.23. The molecular formula is C19H19N3O3. The Morgan fingerprint density at radius 3 is 2.44 bits per heavy atom. The van der Waals surface area contributed by atoms with Crippen molar-refractivity contribution in [3.8, 4) is 11.5 Å². The van der Waals surface area contributed by atoms with E-state index in [1.807, 2.05) is 30.3 Å². The van der Waals surface area contributed by atoms with E-state index in [0.717, 1.165) is 11.1 Å². The minimum atomic E-state index is -1.14. The SMILES string of the molecule is Cc1noc(-c2ccc(C(=O)NCC(C)(O)c3ccccc3)cc2)n1. The first-order valence-electron chi connectivity index (χ1n) is 7.92. The lowest BCUT2D eigenvalue weighted by Crippen LogP contribution is -2.38. The van der Waals surface area contributed by atoms with Crippen LogP contribution in [0.5, 0.6) is 0 Å². The van der Waals surface area contributed by atoms with Crippen LogP contribution in [-0.2, 0) is 5.60 Å². The number of aliphatic hydroxyl groups is 1. The van der Waals surface area contributed by atoms with Crippen molar-refractivity contribution in [1.29, 1.82) is 0 Å². The van der Waals surface area contributed by atoms with Crippen LogP contribution in [0.4, 0.5) is 0 Å². The Labute approximate surface area is 145 Å². The zero-order chi connectivity index (χ0) is 17.9. The van der Waals surface area contributed by atoms with Crippen molar-refractivity contribution >= 4 is 5.91 Å². The van der Waals surface area contributed by atoms with Gasteiger partial charge in [0.25, 0.3) is 11.8 Å². The third-order valence-electron chi connectivity index (χ3n) is 3.91. The molecule has 3 aromatic rings. The van der Waals surface area contributed by atoms with Gasteiger partial charge in [0.2, 0.25) is 0 Å². The maximum absolute atomic E-state index is 12.3. The van der Waals surface area contributed by atoms with E-state index in [1.54, 1.807) is 38.1 Å². The van der Waals surface area contributed by atoms with Crippen molar-refractivity contribution < 1.29 is 14.4 Å². The van der Waals surface area contributed by atoms with Crippen LogP contribution in [0.1, 0.15) is 28.7 Å². The number of carbonyl (C=O) groups excluding carboxylic acids is 1. The van der Waals surface area contributed by atoms with Gasteiger partial charge in [-0.3, -0.25) is 4.79 Å². The molecule has 2 N–H and O–H groups in total. The smallest absolute Gasteiger partial charge is 0.257 e. The summed E-state index contributed by atoms with van der Waals surface area (Å²) >= 11 is 0. The number of benzene rings is 2. The molecule has 6 nitrogen and oxygen atoms in total.